The van der Waals surface area contributed by atoms with Crippen LogP contribution in [-0.2, 0) is 13.6 Å². The standard InChI is InChI=1S/C15H22N4/c1-18(9-11-7-12(16)8-11)10-14-13-5-3-4-6-15(13)19(2)17-14/h3-6,11-12H,7-10,16H2,1-2H3. The number of nitrogens with zero attached hydrogens (tertiary/aromatic N) is 3. The average Bonchev–Trinajstić information content (AvgIpc) is 2.65. The number of nitrogens with two attached hydrogens (primary N) is 1. The molecule has 0 amide bonds. The maximum atomic E-state index is 5.84. The van der Waals surface area contributed by atoms with Gasteiger partial charge in [-0.1, -0.05) is 18.2 Å². The van der Waals surface area contributed by atoms with Gasteiger partial charge in [0.1, 0.15) is 0 Å². The fraction of sp³-hybridized carbons (Fsp3) is 0.533. The Morgan fingerprint density at radius 2 is 2.11 bits per heavy atom. The van der Waals surface area contributed by atoms with E-state index in [4.69, 9.17) is 5.73 Å². The van der Waals surface area contributed by atoms with Crippen molar-refractivity contribution < 1.29 is 0 Å². The monoisotopic (exact) mass is 258 g/mol. The van der Waals surface area contributed by atoms with E-state index < -0.39 is 0 Å². The Bertz CT molecular complexity index is 569. The van der Waals surface area contributed by atoms with Crippen molar-refractivity contribution in [1.29, 1.82) is 0 Å². The molecule has 19 heavy (non-hydrogen) atoms. The van der Waals surface area contributed by atoms with Gasteiger partial charge in [-0.2, -0.15) is 5.10 Å². The Balaban J connectivity index is 1.70. The van der Waals surface area contributed by atoms with Gasteiger partial charge in [0, 0.05) is 31.6 Å². The third-order valence-electron chi connectivity index (χ3n) is 4.10. The quantitative estimate of drug-likeness (QED) is 0.908. The molecule has 4 heteroatoms. The molecule has 0 radical (unpaired) electrons. The lowest BCUT2D eigenvalue weighted by atomic mass is 9.80. The highest BCUT2D eigenvalue weighted by Crippen LogP contribution is 2.27. The van der Waals surface area contributed by atoms with Crippen LogP contribution < -0.4 is 5.73 Å². The molecular weight excluding hydrogens is 236 g/mol. The molecule has 102 valence electrons. The molecule has 2 aromatic rings. The summed E-state index contributed by atoms with van der Waals surface area (Å²) in [6.45, 7) is 2.03. The summed E-state index contributed by atoms with van der Waals surface area (Å²) in [6, 6.07) is 8.86. The minimum atomic E-state index is 0.439. The van der Waals surface area contributed by atoms with Gasteiger partial charge in [0.25, 0.3) is 0 Å². The van der Waals surface area contributed by atoms with Crippen molar-refractivity contribution >= 4 is 10.9 Å². The van der Waals surface area contributed by atoms with Crippen molar-refractivity contribution in [3.8, 4) is 0 Å². The molecule has 0 atom stereocenters. The smallest absolute Gasteiger partial charge is 0.0843 e. The van der Waals surface area contributed by atoms with Gasteiger partial charge in [-0.15, -0.1) is 0 Å². The molecule has 0 saturated heterocycles. The summed E-state index contributed by atoms with van der Waals surface area (Å²) in [4.78, 5) is 2.37. The van der Waals surface area contributed by atoms with Crippen LogP contribution in [-0.4, -0.2) is 34.3 Å². The van der Waals surface area contributed by atoms with Crippen LogP contribution in [0, 0.1) is 5.92 Å². The number of benzene rings is 1. The third-order valence-corrected chi connectivity index (χ3v) is 4.10. The van der Waals surface area contributed by atoms with Crippen LogP contribution in [0.25, 0.3) is 10.9 Å². The number of hydrogen-bond acceptors (Lipinski definition) is 3. The normalized spacial score (nSPS) is 22.9. The minimum absolute atomic E-state index is 0.439. The summed E-state index contributed by atoms with van der Waals surface area (Å²) in [5, 5.41) is 5.91. The van der Waals surface area contributed by atoms with Crippen LogP contribution in [0.2, 0.25) is 0 Å². The van der Waals surface area contributed by atoms with Crippen LogP contribution in [0.4, 0.5) is 0 Å². The first-order chi connectivity index (χ1) is 9.13. The summed E-state index contributed by atoms with van der Waals surface area (Å²) in [6.07, 6.45) is 2.35. The van der Waals surface area contributed by atoms with Gasteiger partial charge < -0.3 is 10.6 Å². The highest BCUT2D eigenvalue weighted by atomic mass is 15.3. The van der Waals surface area contributed by atoms with Crippen LogP contribution in [0.5, 0.6) is 0 Å². The lowest BCUT2D eigenvalue weighted by molar-refractivity contribution is 0.177. The Kier molecular flexibility index (Phi) is 3.29. The van der Waals surface area contributed by atoms with Gasteiger partial charge in [-0.05, 0) is 31.9 Å². The second-order valence-corrected chi connectivity index (χ2v) is 5.88. The number of para-hydroxylation sites is 1. The molecule has 0 bridgehead atoms. The van der Waals surface area contributed by atoms with E-state index in [-0.39, 0.29) is 0 Å². The number of aryl methyl sites for hydroxylation is 1. The number of rotatable bonds is 4. The lowest BCUT2D eigenvalue weighted by Gasteiger charge is -2.35. The molecule has 0 spiro atoms. The van der Waals surface area contributed by atoms with Gasteiger partial charge in [0.15, 0.2) is 0 Å². The molecule has 1 aromatic heterocycles. The van der Waals surface area contributed by atoms with Gasteiger partial charge in [0.2, 0.25) is 0 Å². The molecule has 1 fully saturated rings. The summed E-state index contributed by atoms with van der Waals surface area (Å²) >= 11 is 0. The van der Waals surface area contributed by atoms with E-state index in [1.807, 2.05) is 11.7 Å². The predicted molar refractivity (Wildman–Crippen MR) is 77.7 cm³/mol. The first-order valence-corrected chi connectivity index (χ1v) is 6.98. The van der Waals surface area contributed by atoms with Crippen molar-refractivity contribution in [2.24, 2.45) is 18.7 Å². The van der Waals surface area contributed by atoms with Crippen molar-refractivity contribution in [2.45, 2.75) is 25.4 Å². The number of aromatic nitrogens is 2. The second kappa shape index (κ2) is 4.94. The van der Waals surface area contributed by atoms with E-state index >= 15 is 0 Å². The largest absolute Gasteiger partial charge is 0.328 e. The summed E-state index contributed by atoms with van der Waals surface area (Å²) < 4.78 is 1.97. The summed E-state index contributed by atoms with van der Waals surface area (Å²) in [5.41, 5.74) is 8.22. The molecule has 4 nitrogen and oxygen atoms in total. The molecule has 1 aliphatic rings. The lowest BCUT2D eigenvalue weighted by Crippen LogP contribution is -2.41. The van der Waals surface area contributed by atoms with Crippen molar-refractivity contribution in [1.82, 2.24) is 14.7 Å². The van der Waals surface area contributed by atoms with E-state index in [1.54, 1.807) is 0 Å². The van der Waals surface area contributed by atoms with Gasteiger partial charge in [0.05, 0.1) is 11.2 Å². The molecule has 2 N–H and O–H groups in total. The first kappa shape index (κ1) is 12.6. The Morgan fingerprint density at radius 3 is 2.84 bits per heavy atom. The Hall–Kier alpha value is -1.39. The average molecular weight is 258 g/mol. The van der Waals surface area contributed by atoms with E-state index in [9.17, 15) is 0 Å². The second-order valence-electron chi connectivity index (χ2n) is 5.88. The maximum absolute atomic E-state index is 5.84. The van der Waals surface area contributed by atoms with Crippen LogP contribution in [0.3, 0.4) is 0 Å². The minimum Gasteiger partial charge on any atom is -0.328 e. The number of hydrogen-bond donors (Lipinski definition) is 1. The molecule has 1 saturated carbocycles. The molecular formula is C15H22N4. The van der Waals surface area contributed by atoms with Crippen LogP contribution >= 0.6 is 0 Å². The summed E-state index contributed by atoms with van der Waals surface area (Å²) in [5.74, 6) is 0.773. The molecule has 1 aromatic carbocycles. The van der Waals surface area contributed by atoms with E-state index in [1.165, 1.54) is 29.4 Å². The molecule has 0 unspecified atom stereocenters. The van der Waals surface area contributed by atoms with Gasteiger partial charge in [-0.3, -0.25) is 4.68 Å². The molecule has 3 rings (SSSR count). The van der Waals surface area contributed by atoms with Crippen LogP contribution in [0.1, 0.15) is 18.5 Å². The highest BCUT2D eigenvalue weighted by Gasteiger charge is 2.26. The predicted octanol–water partition coefficient (Wildman–Crippen LogP) is 1.74. The maximum Gasteiger partial charge on any atom is 0.0843 e. The zero-order chi connectivity index (χ0) is 13.4. The fourth-order valence-electron chi connectivity index (χ4n) is 3.10. The zero-order valence-corrected chi connectivity index (χ0v) is 11.7. The van der Waals surface area contributed by atoms with Gasteiger partial charge in [-0.25, -0.2) is 0 Å². The molecule has 1 heterocycles. The number of fused-ring (bicyclic) bond motifs is 1. The fourth-order valence-corrected chi connectivity index (χ4v) is 3.10. The first-order valence-electron chi connectivity index (χ1n) is 6.98. The summed E-state index contributed by atoms with van der Waals surface area (Å²) in [7, 11) is 4.18. The molecule has 1 aliphatic carbocycles. The van der Waals surface area contributed by atoms with Crippen LogP contribution in [0.15, 0.2) is 24.3 Å². The van der Waals surface area contributed by atoms with Crippen molar-refractivity contribution in [3.05, 3.63) is 30.0 Å². The SMILES string of the molecule is CN(Cc1nn(C)c2ccccc12)CC1CC(N)C1. The highest BCUT2D eigenvalue weighted by molar-refractivity contribution is 5.81. The Labute approximate surface area is 114 Å². The van der Waals surface area contributed by atoms with Crippen molar-refractivity contribution in [3.63, 3.8) is 0 Å². The topological polar surface area (TPSA) is 47.1 Å². The van der Waals surface area contributed by atoms with E-state index in [0.29, 0.717) is 6.04 Å². The van der Waals surface area contributed by atoms with E-state index in [0.717, 1.165) is 19.0 Å². The van der Waals surface area contributed by atoms with E-state index in [2.05, 4.69) is 41.3 Å². The molecule has 0 aliphatic heterocycles. The zero-order valence-electron chi connectivity index (χ0n) is 11.7. The Morgan fingerprint density at radius 1 is 1.37 bits per heavy atom. The third kappa shape index (κ3) is 2.51. The van der Waals surface area contributed by atoms with Gasteiger partial charge >= 0.3 is 0 Å². The van der Waals surface area contributed by atoms with Crippen molar-refractivity contribution in [2.75, 3.05) is 13.6 Å².